The van der Waals surface area contributed by atoms with E-state index >= 15 is 0 Å². The lowest BCUT2D eigenvalue weighted by Gasteiger charge is -2.21. The molecule has 1 aromatic carbocycles. The number of carbonyl (C=O) groups is 1. The Balaban J connectivity index is 2.13. The topological polar surface area (TPSA) is 88.1 Å². The second kappa shape index (κ2) is 16.8. The number of hydrogen-bond acceptors (Lipinski definition) is 9. The highest BCUT2D eigenvalue weighted by Crippen LogP contribution is 2.37. The maximum Gasteiger partial charge on any atom is 0.264 e. The van der Waals surface area contributed by atoms with Gasteiger partial charge < -0.3 is 14.2 Å². The van der Waals surface area contributed by atoms with Crippen molar-refractivity contribution in [3.05, 3.63) is 29.3 Å². The van der Waals surface area contributed by atoms with Crippen molar-refractivity contribution >= 4 is 37.5 Å². The zero-order valence-electron chi connectivity index (χ0n) is 21.1. The molecule has 10 heteroatoms. The van der Waals surface area contributed by atoms with Crippen molar-refractivity contribution in [2.75, 3.05) is 45.5 Å². The second-order valence-corrected chi connectivity index (χ2v) is 13.3. The summed E-state index contributed by atoms with van der Waals surface area (Å²) in [5.41, 5.74) is 1.79. The highest BCUT2D eigenvalue weighted by Gasteiger charge is 2.19. The molecule has 0 saturated heterocycles. The second-order valence-electron chi connectivity index (χ2n) is 8.53. The molecule has 0 atom stereocenters. The molecule has 0 radical (unpaired) electrons. The maximum atomic E-state index is 12.0. The number of benzene rings is 1. The van der Waals surface area contributed by atoms with Gasteiger partial charge in [0.15, 0.2) is 0 Å². The lowest BCUT2D eigenvalue weighted by molar-refractivity contribution is -0.119. The first-order chi connectivity index (χ1) is 16.0. The smallest absolute Gasteiger partial charge is 0.264 e. The fraction of sp³-hybridized carbons (Fsp3) is 0.708. The summed E-state index contributed by atoms with van der Waals surface area (Å²) in [6.07, 6.45) is 6.70. The molecular weight excluding hydrogens is 496 g/mol. The normalized spacial score (nSPS) is 12.1. The predicted molar refractivity (Wildman–Crippen MR) is 141 cm³/mol. The van der Waals surface area contributed by atoms with Crippen molar-refractivity contribution in [3.63, 3.8) is 0 Å². The summed E-state index contributed by atoms with van der Waals surface area (Å²) in [5, 5.41) is 0. The molecule has 0 unspecified atom stereocenters. The molecule has 0 heterocycles. The molecule has 0 aliphatic carbocycles. The Labute approximate surface area is 213 Å². The van der Waals surface area contributed by atoms with E-state index in [1.807, 2.05) is 29.9 Å². The van der Waals surface area contributed by atoms with Gasteiger partial charge in [0, 0.05) is 24.2 Å². The van der Waals surface area contributed by atoms with Crippen LogP contribution in [0.1, 0.15) is 57.6 Å². The lowest BCUT2D eigenvalue weighted by Crippen LogP contribution is -2.15. The monoisotopic (exact) mass is 536 g/mol. The van der Waals surface area contributed by atoms with E-state index in [-0.39, 0.29) is 11.4 Å². The van der Waals surface area contributed by atoms with Crippen molar-refractivity contribution in [1.82, 2.24) is 0 Å². The van der Waals surface area contributed by atoms with Gasteiger partial charge in [-0.2, -0.15) is 8.42 Å². The van der Waals surface area contributed by atoms with Crippen LogP contribution in [0.5, 0.6) is 5.75 Å². The zero-order valence-corrected chi connectivity index (χ0v) is 23.5. The minimum absolute atomic E-state index is 0.0163. The molecule has 0 amide bonds. The van der Waals surface area contributed by atoms with Gasteiger partial charge in [-0.1, -0.05) is 34.6 Å². The van der Waals surface area contributed by atoms with Gasteiger partial charge in [0.2, 0.25) is 0 Å². The third kappa shape index (κ3) is 16.0. The SMILES string of the molecule is CCc1cc(COS(C)(=O)=O)cc(OCCOCCOCCCC(=O)CCC(C)(C)SSC)c1. The Morgan fingerprint density at radius 2 is 1.62 bits per heavy atom. The average molecular weight is 537 g/mol. The number of carbonyl (C=O) groups excluding carboxylic acids is 1. The number of hydrogen-bond donors (Lipinski definition) is 0. The van der Waals surface area contributed by atoms with Crippen LogP contribution >= 0.6 is 21.6 Å². The molecule has 0 N–H and O–H groups in total. The van der Waals surface area contributed by atoms with E-state index < -0.39 is 10.1 Å². The van der Waals surface area contributed by atoms with Crippen LogP contribution in [0.4, 0.5) is 0 Å². The van der Waals surface area contributed by atoms with Crippen molar-refractivity contribution in [1.29, 1.82) is 0 Å². The van der Waals surface area contributed by atoms with E-state index in [1.54, 1.807) is 16.9 Å². The third-order valence-electron chi connectivity index (χ3n) is 4.80. The van der Waals surface area contributed by atoms with Gasteiger partial charge in [0.05, 0.1) is 32.7 Å². The standard InChI is InChI=1S/C24H40O7S3/c1-6-20-16-21(19-31-34(5,26)27)18-23(17-20)30-15-14-29-13-12-28-11-7-8-22(25)9-10-24(2,3)33-32-4/h16-18H,6-15,19H2,1-5H3. The fourth-order valence-electron chi connectivity index (χ4n) is 3.02. The van der Waals surface area contributed by atoms with Crippen LogP contribution < -0.4 is 4.74 Å². The largest absolute Gasteiger partial charge is 0.491 e. The third-order valence-corrected chi connectivity index (χ3v) is 8.02. The number of Topliss-reactive ketones (excluding diaryl/α,β-unsaturated/α-hetero) is 1. The Bertz CT molecular complexity index is 826. The van der Waals surface area contributed by atoms with Crippen LogP contribution in [0.3, 0.4) is 0 Å². The molecule has 196 valence electrons. The molecule has 1 rings (SSSR count). The first-order valence-electron chi connectivity index (χ1n) is 11.5. The van der Waals surface area contributed by atoms with Gasteiger partial charge in [0.25, 0.3) is 10.1 Å². The van der Waals surface area contributed by atoms with Crippen molar-refractivity contribution < 1.29 is 31.6 Å². The zero-order chi connectivity index (χ0) is 25.5. The molecule has 1 aromatic rings. The Morgan fingerprint density at radius 3 is 2.26 bits per heavy atom. The molecule has 0 fully saturated rings. The molecule has 7 nitrogen and oxygen atoms in total. The first-order valence-corrected chi connectivity index (χ1v) is 15.9. The quantitative estimate of drug-likeness (QED) is 0.129. The van der Waals surface area contributed by atoms with Gasteiger partial charge in [-0.3, -0.25) is 8.98 Å². The summed E-state index contributed by atoms with van der Waals surface area (Å²) < 4.78 is 44.2. The van der Waals surface area contributed by atoms with Crippen LogP contribution in [-0.2, 0) is 41.6 Å². The molecule has 0 spiro atoms. The van der Waals surface area contributed by atoms with Gasteiger partial charge in [-0.05, 0) is 62.6 Å². The number of rotatable bonds is 20. The van der Waals surface area contributed by atoms with Gasteiger partial charge in [-0.25, -0.2) is 0 Å². The number of aryl methyl sites for hydroxylation is 1. The number of ketones is 1. The minimum atomic E-state index is -3.50. The van der Waals surface area contributed by atoms with Crippen LogP contribution in [0.15, 0.2) is 18.2 Å². The minimum Gasteiger partial charge on any atom is -0.491 e. The molecule has 0 aliphatic rings. The molecule has 0 bridgehead atoms. The van der Waals surface area contributed by atoms with Crippen LogP contribution in [0.2, 0.25) is 0 Å². The van der Waals surface area contributed by atoms with E-state index in [2.05, 4.69) is 20.1 Å². The van der Waals surface area contributed by atoms with Crippen molar-refractivity contribution in [2.24, 2.45) is 0 Å². The molecule has 0 aliphatic heterocycles. The van der Waals surface area contributed by atoms with E-state index in [9.17, 15) is 13.2 Å². The summed E-state index contributed by atoms with van der Waals surface area (Å²) in [7, 11) is 0.0577. The predicted octanol–water partition coefficient (Wildman–Crippen LogP) is 5.06. The van der Waals surface area contributed by atoms with Gasteiger partial charge >= 0.3 is 0 Å². The van der Waals surface area contributed by atoms with E-state index in [0.717, 1.165) is 36.6 Å². The highest BCUT2D eigenvalue weighted by atomic mass is 33.1. The summed E-state index contributed by atoms with van der Waals surface area (Å²) in [5.74, 6) is 0.955. The summed E-state index contributed by atoms with van der Waals surface area (Å²) >= 11 is 0. The first kappa shape index (κ1) is 31.3. The summed E-state index contributed by atoms with van der Waals surface area (Å²) in [6, 6.07) is 5.61. The van der Waals surface area contributed by atoms with Crippen LogP contribution in [0.25, 0.3) is 0 Å². The fourth-order valence-corrected chi connectivity index (χ4v) is 5.61. The Kier molecular flexibility index (Phi) is 15.5. The van der Waals surface area contributed by atoms with E-state index in [1.165, 1.54) is 0 Å². The number of ether oxygens (including phenoxy) is 3. The summed E-state index contributed by atoms with van der Waals surface area (Å²) in [4.78, 5) is 12.0. The Hall–Kier alpha value is -0.780. The highest BCUT2D eigenvalue weighted by molar-refractivity contribution is 8.76. The molecule has 0 aromatic heterocycles. The lowest BCUT2D eigenvalue weighted by atomic mass is 10.0. The molecular formula is C24H40O7S3. The molecule has 0 saturated carbocycles. The maximum absolute atomic E-state index is 12.0. The Morgan fingerprint density at radius 1 is 0.971 bits per heavy atom. The van der Waals surface area contributed by atoms with Crippen molar-refractivity contribution in [2.45, 2.75) is 64.2 Å². The van der Waals surface area contributed by atoms with Gasteiger partial charge in [0.1, 0.15) is 18.1 Å². The summed E-state index contributed by atoms with van der Waals surface area (Å²) in [6.45, 7) is 8.62. The van der Waals surface area contributed by atoms with E-state index in [4.69, 9.17) is 18.4 Å². The van der Waals surface area contributed by atoms with Crippen LogP contribution in [0, 0.1) is 0 Å². The van der Waals surface area contributed by atoms with E-state index in [0.29, 0.717) is 57.4 Å². The molecule has 34 heavy (non-hydrogen) atoms. The van der Waals surface area contributed by atoms with Crippen molar-refractivity contribution in [3.8, 4) is 5.75 Å². The van der Waals surface area contributed by atoms with Gasteiger partial charge in [-0.15, -0.1) is 0 Å². The average Bonchev–Trinajstić information content (AvgIpc) is 2.77. The van der Waals surface area contributed by atoms with Crippen LogP contribution in [-0.4, -0.2) is 64.5 Å².